The molecule has 0 saturated heterocycles. The van der Waals surface area contributed by atoms with Gasteiger partial charge in [-0.1, -0.05) is 45.9 Å². The predicted octanol–water partition coefficient (Wildman–Crippen LogP) is 3.57. The molecule has 2 atom stereocenters. The van der Waals surface area contributed by atoms with Crippen molar-refractivity contribution in [2.45, 2.75) is 52.0 Å². The minimum atomic E-state index is 0.220. The van der Waals surface area contributed by atoms with Crippen LogP contribution in [0.3, 0.4) is 0 Å². The highest BCUT2D eigenvalue weighted by atomic mass is 14.6. The van der Waals surface area contributed by atoms with E-state index in [2.05, 4.69) is 45.9 Å². The lowest BCUT2D eigenvalue weighted by Crippen LogP contribution is -2.24. The molecule has 1 aliphatic carbocycles. The van der Waals surface area contributed by atoms with Crippen molar-refractivity contribution in [1.29, 1.82) is 0 Å². The van der Waals surface area contributed by atoms with Gasteiger partial charge in [0.1, 0.15) is 0 Å². The molecule has 2 unspecified atom stereocenters. The summed E-state index contributed by atoms with van der Waals surface area (Å²) in [7, 11) is 0. The lowest BCUT2D eigenvalue weighted by atomic mass is 9.78. The van der Waals surface area contributed by atoms with Crippen LogP contribution in [-0.4, -0.2) is 0 Å². The number of rotatable bonds is 0. The van der Waals surface area contributed by atoms with E-state index in [-0.39, 0.29) is 11.5 Å². The summed E-state index contributed by atoms with van der Waals surface area (Å²) in [6.07, 6.45) is 2.31. The van der Waals surface area contributed by atoms with E-state index in [1.807, 2.05) is 0 Å². The highest BCUT2D eigenvalue weighted by Gasteiger charge is 2.23. The molecule has 2 rings (SSSR count). The topological polar surface area (TPSA) is 26.0 Å². The Bertz CT molecular complexity index is 387. The number of hydrogen-bond donors (Lipinski definition) is 1. The first-order chi connectivity index (χ1) is 7.38. The van der Waals surface area contributed by atoms with Gasteiger partial charge in [-0.05, 0) is 40.9 Å². The molecule has 1 aromatic rings. The van der Waals surface area contributed by atoms with Crippen LogP contribution in [0, 0.1) is 5.92 Å². The molecular formula is C15H23N. The van der Waals surface area contributed by atoms with Gasteiger partial charge in [-0.15, -0.1) is 0 Å². The van der Waals surface area contributed by atoms with Crippen molar-refractivity contribution >= 4 is 0 Å². The lowest BCUT2D eigenvalue weighted by Gasteiger charge is -2.29. The van der Waals surface area contributed by atoms with Crippen LogP contribution in [0.4, 0.5) is 0 Å². The molecule has 1 heteroatoms. The Labute approximate surface area is 99.0 Å². The Morgan fingerprint density at radius 3 is 2.56 bits per heavy atom. The zero-order valence-electron chi connectivity index (χ0n) is 10.9. The summed E-state index contributed by atoms with van der Waals surface area (Å²) in [5.41, 5.74) is 10.7. The quantitative estimate of drug-likeness (QED) is 0.706. The molecule has 0 radical (unpaired) electrons. The number of hydrogen-bond acceptors (Lipinski definition) is 1. The summed E-state index contributed by atoms with van der Waals surface area (Å²) in [5, 5.41) is 0. The fraction of sp³-hybridized carbons (Fsp3) is 0.600. The van der Waals surface area contributed by atoms with Crippen molar-refractivity contribution in [3.8, 4) is 0 Å². The second-order valence-corrected chi connectivity index (χ2v) is 6.32. The Morgan fingerprint density at radius 1 is 1.25 bits per heavy atom. The third kappa shape index (κ3) is 2.15. The van der Waals surface area contributed by atoms with Crippen LogP contribution in [0.15, 0.2) is 18.2 Å². The summed E-state index contributed by atoms with van der Waals surface area (Å²) in [4.78, 5) is 0. The maximum atomic E-state index is 6.25. The molecule has 0 bridgehead atoms. The van der Waals surface area contributed by atoms with Crippen LogP contribution in [-0.2, 0) is 11.8 Å². The molecule has 1 aromatic carbocycles. The van der Waals surface area contributed by atoms with E-state index in [0.717, 1.165) is 12.3 Å². The third-order valence-electron chi connectivity index (χ3n) is 3.64. The van der Waals surface area contributed by atoms with Crippen LogP contribution in [0.1, 0.15) is 56.8 Å². The van der Waals surface area contributed by atoms with Crippen LogP contribution in [0.25, 0.3) is 0 Å². The average molecular weight is 217 g/mol. The van der Waals surface area contributed by atoms with Gasteiger partial charge in [0.15, 0.2) is 0 Å². The number of nitrogens with two attached hydrogens (primary N) is 1. The zero-order chi connectivity index (χ0) is 11.9. The van der Waals surface area contributed by atoms with Crippen LogP contribution < -0.4 is 5.73 Å². The van der Waals surface area contributed by atoms with Gasteiger partial charge in [0, 0.05) is 6.04 Å². The molecule has 0 amide bonds. The maximum absolute atomic E-state index is 6.25. The standard InChI is InChI=1S/C15H23N/c1-10-7-11-5-6-12(15(2,3)4)9-13(11)14(16)8-10/h5-6,9-10,14H,7-8,16H2,1-4H3. The minimum absolute atomic E-state index is 0.220. The summed E-state index contributed by atoms with van der Waals surface area (Å²) in [6.45, 7) is 9.06. The first-order valence-corrected chi connectivity index (χ1v) is 6.27. The van der Waals surface area contributed by atoms with E-state index in [4.69, 9.17) is 5.73 Å². The Hall–Kier alpha value is -0.820. The smallest absolute Gasteiger partial charge is 0.0300 e. The molecule has 0 spiro atoms. The molecule has 16 heavy (non-hydrogen) atoms. The van der Waals surface area contributed by atoms with Gasteiger partial charge in [0.25, 0.3) is 0 Å². The second-order valence-electron chi connectivity index (χ2n) is 6.32. The van der Waals surface area contributed by atoms with Crippen molar-refractivity contribution in [2.24, 2.45) is 11.7 Å². The molecule has 0 aromatic heterocycles. The van der Waals surface area contributed by atoms with E-state index < -0.39 is 0 Å². The SMILES string of the molecule is CC1Cc2ccc(C(C)(C)C)cc2C(N)C1. The van der Waals surface area contributed by atoms with Crippen molar-refractivity contribution < 1.29 is 0 Å². The molecule has 0 heterocycles. The van der Waals surface area contributed by atoms with E-state index in [9.17, 15) is 0 Å². The van der Waals surface area contributed by atoms with E-state index >= 15 is 0 Å². The van der Waals surface area contributed by atoms with E-state index in [0.29, 0.717) is 0 Å². The first kappa shape index (κ1) is 11.7. The van der Waals surface area contributed by atoms with Crippen LogP contribution in [0.5, 0.6) is 0 Å². The fourth-order valence-electron chi connectivity index (χ4n) is 2.61. The van der Waals surface area contributed by atoms with Gasteiger partial charge in [-0.2, -0.15) is 0 Å². The van der Waals surface area contributed by atoms with Gasteiger partial charge in [0.05, 0.1) is 0 Å². The summed E-state index contributed by atoms with van der Waals surface area (Å²) >= 11 is 0. The van der Waals surface area contributed by atoms with Gasteiger partial charge < -0.3 is 5.73 Å². The van der Waals surface area contributed by atoms with Gasteiger partial charge in [-0.3, -0.25) is 0 Å². The van der Waals surface area contributed by atoms with E-state index in [1.165, 1.54) is 23.1 Å². The largest absolute Gasteiger partial charge is 0.324 e. The molecular weight excluding hydrogens is 194 g/mol. The summed E-state index contributed by atoms with van der Waals surface area (Å²) in [5.74, 6) is 0.725. The second kappa shape index (κ2) is 3.89. The molecule has 2 N–H and O–H groups in total. The monoisotopic (exact) mass is 217 g/mol. The normalized spacial score (nSPS) is 25.3. The molecule has 1 aliphatic rings. The Balaban J connectivity index is 2.42. The summed E-state index contributed by atoms with van der Waals surface area (Å²) < 4.78 is 0. The van der Waals surface area contributed by atoms with Crippen LogP contribution >= 0.6 is 0 Å². The van der Waals surface area contributed by atoms with Crippen molar-refractivity contribution in [3.63, 3.8) is 0 Å². The highest BCUT2D eigenvalue weighted by Crippen LogP contribution is 2.34. The van der Waals surface area contributed by atoms with Gasteiger partial charge in [0.2, 0.25) is 0 Å². The van der Waals surface area contributed by atoms with Crippen molar-refractivity contribution in [3.05, 3.63) is 34.9 Å². The highest BCUT2D eigenvalue weighted by molar-refractivity contribution is 5.38. The third-order valence-corrected chi connectivity index (χ3v) is 3.64. The number of fused-ring (bicyclic) bond motifs is 1. The molecule has 88 valence electrons. The lowest BCUT2D eigenvalue weighted by molar-refractivity contribution is 0.437. The molecule has 0 saturated carbocycles. The first-order valence-electron chi connectivity index (χ1n) is 6.27. The Morgan fingerprint density at radius 2 is 1.94 bits per heavy atom. The minimum Gasteiger partial charge on any atom is -0.324 e. The molecule has 1 nitrogen and oxygen atoms in total. The zero-order valence-corrected chi connectivity index (χ0v) is 10.9. The number of benzene rings is 1. The maximum Gasteiger partial charge on any atom is 0.0300 e. The van der Waals surface area contributed by atoms with Crippen molar-refractivity contribution in [2.75, 3.05) is 0 Å². The van der Waals surface area contributed by atoms with Crippen LogP contribution in [0.2, 0.25) is 0 Å². The molecule has 0 fully saturated rings. The fourth-order valence-corrected chi connectivity index (χ4v) is 2.61. The Kier molecular flexibility index (Phi) is 2.83. The molecule has 0 aliphatic heterocycles. The van der Waals surface area contributed by atoms with Gasteiger partial charge >= 0.3 is 0 Å². The average Bonchev–Trinajstić information content (AvgIpc) is 2.15. The summed E-state index contributed by atoms with van der Waals surface area (Å²) in [6, 6.07) is 7.11. The van der Waals surface area contributed by atoms with E-state index in [1.54, 1.807) is 0 Å². The van der Waals surface area contributed by atoms with Gasteiger partial charge in [-0.25, -0.2) is 0 Å². The van der Waals surface area contributed by atoms with Crippen molar-refractivity contribution in [1.82, 2.24) is 0 Å². The predicted molar refractivity (Wildman–Crippen MR) is 69.6 cm³/mol.